The number of nitrogen functional groups attached to an aromatic ring is 1. The first-order chi connectivity index (χ1) is 11.5. The molecular formula is C18H10F3N3. The molecule has 0 unspecified atom stereocenters. The zero-order valence-electron chi connectivity index (χ0n) is 12.2. The van der Waals surface area contributed by atoms with Gasteiger partial charge in [0.25, 0.3) is 0 Å². The molecule has 0 atom stereocenters. The molecule has 1 heterocycles. The second kappa shape index (κ2) is 6.05. The molecule has 0 radical (unpaired) electrons. The molecule has 1 aromatic heterocycles. The van der Waals surface area contributed by atoms with E-state index in [1.165, 1.54) is 30.3 Å². The first-order valence-corrected chi connectivity index (χ1v) is 6.91. The molecule has 0 saturated carbocycles. The van der Waals surface area contributed by atoms with E-state index in [0.29, 0.717) is 5.56 Å². The third-order valence-electron chi connectivity index (χ3n) is 3.50. The molecule has 2 N–H and O–H groups in total. The highest BCUT2D eigenvalue weighted by atomic mass is 19.1. The highest BCUT2D eigenvalue weighted by molar-refractivity contribution is 5.80. The SMILES string of the molecule is N#Cc1c(-c2ccc(F)cc2F)cc(-c2cccc(F)c2)nc1N. The van der Waals surface area contributed by atoms with Gasteiger partial charge in [-0.2, -0.15) is 5.26 Å². The molecule has 0 aliphatic heterocycles. The Morgan fingerprint density at radius 2 is 1.67 bits per heavy atom. The lowest BCUT2D eigenvalue weighted by atomic mass is 9.98. The Balaban J connectivity index is 2.27. The monoisotopic (exact) mass is 325 g/mol. The number of pyridine rings is 1. The molecular weight excluding hydrogens is 315 g/mol. The predicted octanol–water partition coefficient (Wildman–Crippen LogP) is 4.29. The quantitative estimate of drug-likeness (QED) is 0.764. The number of nitrogens with two attached hydrogens (primary N) is 1. The van der Waals surface area contributed by atoms with Crippen LogP contribution < -0.4 is 5.73 Å². The van der Waals surface area contributed by atoms with Crippen molar-refractivity contribution >= 4 is 5.82 Å². The third kappa shape index (κ3) is 2.79. The minimum Gasteiger partial charge on any atom is -0.383 e. The van der Waals surface area contributed by atoms with Crippen LogP contribution in [0.4, 0.5) is 19.0 Å². The smallest absolute Gasteiger partial charge is 0.142 e. The topological polar surface area (TPSA) is 62.7 Å². The number of aromatic nitrogens is 1. The summed E-state index contributed by atoms with van der Waals surface area (Å²) in [5.41, 5.74) is 6.66. The van der Waals surface area contributed by atoms with Gasteiger partial charge in [0.05, 0.1) is 5.69 Å². The van der Waals surface area contributed by atoms with Crippen LogP contribution in [-0.4, -0.2) is 4.98 Å². The summed E-state index contributed by atoms with van der Waals surface area (Å²) < 4.78 is 40.7. The van der Waals surface area contributed by atoms with Crippen LogP contribution in [0.5, 0.6) is 0 Å². The van der Waals surface area contributed by atoms with E-state index in [4.69, 9.17) is 5.73 Å². The minimum atomic E-state index is -0.831. The van der Waals surface area contributed by atoms with Gasteiger partial charge in [-0.1, -0.05) is 12.1 Å². The molecule has 24 heavy (non-hydrogen) atoms. The highest BCUT2D eigenvalue weighted by Crippen LogP contribution is 2.33. The summed E-state index contributed by atoms with van der Waals surface area (Å²) >= 11 is 0. The van der Waals surface area contributed by atoms with Crippen molar-refractivity contribution in [3.63, 3.8) is 0 Å². The Morgan fingerprint density at radius 1 is 0.917 bits per heavy atom. The lowest BCUT2D eigenvalue weighted by Gasteiger charge is -2.11. The van der Waals surface area contributed by atoms with Gasteiger partial charge >= 0.3 is 0 Å². The third-order valence-corrected chi connectivity index (χ3v) is 3.50. The maximum Gasteiger partial charge on any atom is 0.142 e. The molecule has 0 fully saturated rings. The van der Waals surface area contributed by atoms with Crippen LogP contribution in [0.25, 0.3) is 22.4 Å². The summed E-state index contributed by atoms with van der Waals surface area (Å²) in [6.45, 7) is 0. The fourth-order valence-corrected chi connectivity index (χ4v) is 2.40. The maximum atomic E-state index is 14.1. The Labute approximate surface area is 135 Å². The maximum absolute atomic E-state index is 14.1. The first-order valence-electron chi connectivity index (χ1n) is 6.91. The lowest BCUT2D eigenvalue weighted by molar-refractivity contribution is 0.585. The summed E-state index contributed by atoms with van der Waals surface area (Å²) in [6, 6.07) is 12.0. The van der Waals surface area contributed by atoms with Crippen LogP contribution in [-0.2, 0) is 0 Å². The standard InChI is InChI=1S/C18H10F3N3/c19-11-3-1-2-10(6-11)17-8-14(15(9-22)18(23)24-17)13-5-4-12(20)7-16(13)21/h1-8H,(H2,23,24). The minimum absolute atomic E-state index is 0.0136. The van der Waals surface area contributed by atoms with E-state index in [2.05, 4.69) is 4.98 Å². The molecule has 0 spiro atoms. The molecule has 0 amide bonds. The van der Waals surface area contributed by atoms with E-state index >= 15 is 0 Å². The fourth-order valence-electron chi connectivity index (χ4n) is 2.40. The van der Waals surface area contributed by atoms with Crippen LogP contribution in [0.2, 0.25) is 0 Å². The molecule has 3 rings (SSSR count). The van der Waals surface area contributed by atoms with Gasteiger partial charge in [-0.3, -0.25) is 0 Å². The largest absolute Gasteiger partial charge is 0.383 e. The molecule has 0 aliphatic carbocycles. The number of rotatable bonds is 2. The second-order valence-electron chi connectivity index (χ2n) is 5.06. The van der Waals surface area contributed by atoms with Crippen LogP contribution in [0.3, 0.4) is 0 Å². The number of nitrogens with zero attached hydrogens (tertiary/aromatic N) is 2. The van der Waals surface area contributed by atoms with Gasteiger partial charge in [0.2, 0.25) is 0 Å². The summed E-state index contributed by atoms with van der Waals surface area (Å²) in [5, 5.41) is 9.29. The Kier molecular flexibility index (Phi) is 3.92. The summed E-state index contributed by atoms with van der Waals surface area (Å²) in [6.07, 6.45) is 0. The van der Waals surface area contributed by atoms with Gasteiger partial charge in [0.1, 0.15) is 34.9 Å². The molecule has 118 valence electrons. The summed E-state index contributed by atoms with van der Waals surface area (Å²) in [4.78, 5) is 4.08. The number of hydrogen-bond acceptors (Lipinski definition) is 3. The average Bonchev–Trinajstić information content (AvgIpc) is 2.54. The molecule has 3 aromatic rings. The fraction of sp³-hybridized carbons (Fsp3) is 0. The molecule has 0 aliphatic rings. The number of halogens is 3. The van der Waals surface area contributed by atoms with Crippen molar-refractivity contribution in [1.29, 1.82) is 5.26 Å². The van der Waals surface area contributed by atoms with Gasteiger partial charge in [0.15, 0.2) is 0 Å². The summed E-state index contributed by atoms with van der Waals surface area (Å²) in [7, 11) is 0. The molecule has 2 aromatic carbocycles. The second-order valence-corrected chi connectivity index (χ2v) is 5.06. The van der Waals surface area contributed by atoms with Gasteiger partial charge in [0, 0.05) is 22.8 Å². The number of hydrogen-bond donors (Lipinski definition) is 1. The van der Waals surface area contributed by atoms with Crippen LogP contribution in [0.15, 0.2) is 48.5 Å². The van der Waals surface area contributed by atoms with Gasteiger partial charge in [-0.15, -0.1) is 0 Å². The number of benzene rings is 2. The van der Waals surface area contributed by atoms with Gasteiger partial charge in [-0.05, 0) is 30.3 Å². The van der Waals surface area contributed by atoms with E-state index in [1.54, 1.807) is 6.07 Å². The van der Waals surface area contributed by atoms with Crippen molar-refractivity contribution in [2.24, 2.45) is 0 Å². The van der Waals surface area contributed by atoms with E-state index < -0.39 is 17.5 Å². The van der Waals surface area contributed by atoms with Crippen LogP contribution >= 0.6 is 0 Å². The number of nitriles is 1. The van der Waals surface area contributed by atoms with Gasteiger partial charge < -0.3 is 5.73 Å². The highest BCUT2D eigenvalue weighted by Gasteiger charge is 2.16. The summed E-state index contributed by atoms with van der Waals surface area (Å²) in [5.74, 6) is -2.14. The molecule has 0 saturated heterocycles. The van der Waals surface area contributed by atoms with Crippen molar-refractivity contribution in [3.8, 4) is 28.5 Å². The van der Waals surface area contributed by atoms with Crippen LogP contribution in [0, 0.1) is 28.8 Å². The van der Waals surface area contributed by atoms with Crippen molar-refractivity contribution in [1.82, 2.24) is 4.98 Å². The zero-order valence-corrected chi connectivity index (χ0v) is 12.2. The van der Waals surface area contributed by atoms with Crippen molar-refractivity contribution in [2.75, 3.05) is 5.73 Å². The molecule has 0 bridgehead atoms. The number of anilines is 1. The van der Waals surface area contributed by atoms with Crippen molar-refractivity contribution < 1.29 is 13.2 Å². The first kappa shape index (κ1) is 15.6. The Hall–Kier alpha value is -3.33. The normalized spacial score (nSPS) is 10.4. The van der Waals surface area contributed by atoms with Crippen molar-refractivity contribution in [2.45, 2.75) is 0 Å². The Bertz CT molecular complexity index is 978. The lowest BCUT2D eigenvalue weighted by Crippen LogP contribution is -2.01. The van der Waals surface area contributed by atoms with Crippen LogP contribution in [0.1, 0.15) is 5.56 Å². The zero-order chi connectivity index (χ0) is 17.3. The Morgan fingerprint density at radius 3 is 2.33 bits per heavy atom. The van der Waals surface area contributed by atoms with E-state index in [9.17, 15) is 18.4 Å². The molecule has 6 heteroatoms. The van der Waals surface area contributed by atoms with E-state index in [0.717, 1.165) is 12.1 Å². The van der Waals surface area contributed by atoms with E-state index in [1.807, 2.05) is 6.07 Å². The predicted molar refractivity (Wildman–Crippen MR) is 84.1 cm³/mol. The molecule has 3 nitrogen and oxygen atoms in total. The van der Waals surface area contributed by atoms with Gasteiger partial charge in [-0.25, -0.2) is 18.2 Å². The average molecular weight is 325 g/mol. The van der Waals surface area contributed by atoms with Crippen molar-refractivity contribution in [3.05, 3.63) is 71.5 Å². The van der Waals surface area contributed by atoms with E-state index in [-0.39, 0.29) is 28.2 Å².